The van der Waals surface area contributed by atoms with Gasteiger partial charge in [0.15, 0.2) is 6.29 Å². The summed E-state index contributed by atoms with van der Waals surface area (Å²) in [5.41, 5.74) is 5.24. The minimum Gasteiger partial charge on any atom is -0.367 e. The number of hydrogen-bond donors (Lipinski definition) is 4. The van der Waals surface area contributed by atoms with Gasteiger partial charge in [-0.15, -0.1) is 0 Å². The van der Waals surface area contributed by atoms with Crippen molar-refractivity contribution in [2.75, 3.05) is 19.6 Å². The lowest BCUT2D eigenvalue weighted by molar-refractivity contribution is -0.0370. The lowest BCUT2D eigenvalue weighted by Gasteiger charge is -2.04. The average molecular weight is 148 g/mol. The second-order valence-electron chi connectivity index (χ2n) is 2.18. The zero-order chi connectivity index (χ0) is 7.82. The molecule has 0 atom stereocenters. The Bertz CT molecular complexity index is 68.8. The van der Waals surface area contributed by atoms with Crippen LogP contribution >= 0.6 is 0 Å². The molecule has 4 heteroatoms. The van der Waals surface area contributed by atoms with Crippen LogP contribution in [0.5, 0.6) is 0 Å². The fourth-order valence-corrected chi connectivity index (χ4v) is 0.625. The summed E-state index contributed by atoms with van der Waals surface area (Å²) in [7, 11) is 0. The highest BCUT2D eigenvalue weighted by Gasteiger charge is 1.93. The van der Waals surface area contributed by atoms with Crippen molar-refractivity contribution in [3.8, 4) is 0 Å². The van der Waals surface area contributed by atoms with Gasteiger partial charge in [-0.1, -0.05) is 0 Å². The summed E-state index contributed by atoms with van der Waals surface area (Å²) < 4.78 is 0. The van der Waals surface area contributed by atoms with E-state index in [1.165, 1.54) is 0 Å². The minimum absolute atomic E-state index is 0.241. The van der Waals surface area contributed by atoms with E-state index in [-0.39, 0.29) is 6.54 Å². The topological polar surface area (TPSA) is 78.5 Å². The number of aliphatic hydroxyl groups is 2. The summed E-state index contributed by atoms with van der Waals surface area (Å²) in [5, 5.41) is 19.6. The molecule has 0 spiro atoms. The number of nitrogens with one attached hydrogen (secondary N) is 1. The summed E-state index contributed by atoms with van der Waals surface area (Å²) >= 11 is 0. The van der Waals surface area contributed by atoms with E-state index < -0.39 is 6.29 Å². The molecule has 0 unspecified atom stereocenters. The van der Waals surface area contributed by atoms with E-state index in [9.17, 15) is 0 Å². The highest BCUT2D eigenvalue weighted by Crippen LogP contribution is 1.81. The lowest BCUT2D eigenvalue weighted by Crippen LogP contribution is -2.27. The maximum atomic E-state index is 8.38. The zero-order valence-electron chi connectivity index (χ0n) is 6.08. The number of rotatable bonds is 6. The predicted octanol–water partition coefficient (Wildman–Crippen LogP) is -1.37. The van der Waals surface area contributed by atoms with Crippen LogP contribution in [0.15, 0.2) is 0 Å². The highest BCUT2D eigenvalue weighted by atomic mass is 16.5. The van der Waals surface area contributed by atoms with Crippen molar-refractivity contribution >= 4 is 0 Å². The molecule has 5 N–H and O–H groups in total. The van der Waals surface area contributed by atoms with Crippen molar-refractivity contribution in [2.45, 2.75) is 19.1 Å². The summed E-state index contributed by atoms with van der Waals surface area (Å²) in [4.78, 5) is 0. The van der Waals surface area contributed by atoms with Crippen molar-refractivity contribution in [1.82, 2.24) is 5.32 Å². The Morgan fingerprint density at radius 2 is 2.00 bits per heavy atom. The molecule has 4 nitrogen and oxygen atoms in total. The molecule has 0 aromatic heterocycles. The van der Waals surface area contributed by atoms with Gasteiger partial charge in [-0.05, 0) is 25.9 Å². The van der Waals surface area contributed by atoms with Gasteiger partial charge in [0.2, 0.25) is 0 Å². The molecule has 10 heavy (non-hydrogen) atoms. The third-order valence-corrected chi connectivity index (χ3v) is 1.13. The van der Waals surface area contributed by atoms with Gasteiger partial charge in [-0.25, -0.2) is 0 Å². The van der Waals surface area contributed by atoms with Gasteiger partial charge >= 0.3 is 0 Å². The molecule has 0 aromatic carbocycles. The maximum absolute atomic E-state index is 8.38. The first-order chi connectivity index (χ1) is 4.77. The Hall–Kier alpha value is -0.160. The maximum Gasteiger partial charge on any atom is 0.164 e. The predicted molar refractivity (Wildman–Crippen MR) is 39.4 cm³/mol. The fourth-order valence-electron chi connectivity index (χ4n) is 0.625. The summed E-state index contributed by atoms with van der Waals surface area (Å²) in [6.45, 7) is 1.74. The van der Waals surface area contributed by atoms with Crippen molar-refractivity contribution in [3.05, 3.63) is 0 Å². The quantitative estimate of drug-likeness (QED) is 0.277. The molecule has 0 aliphatic carbocycles. The molecule has 0 heterocycles. The van der Waals surface area contributed by atoms with E-state index in [4.69, 9.17) is 15.9 Å². The molecule has 62 valence electrons. The molecule has 0 aromatic rings. The Kier molecular flexibility index (Phi) is 6.84. The third kappa shape index (κ3) is 7.84. The van der Waals surface area contributed by atoms with Gasteiger partial charge in [0.05, 0.1) is 0 Å². The molecular formula is C6H16N2O2. The van der Waals surface area contributed by atoms with E-state index in [2.05, 4.69) is 5.32 Å². The van der Waals surface area contributed by atoms with Gasteiger partial charge in [-0.3, -0.25) is 0 Å². The van der Waals surface area contributed by atoms with Crippen LogP contribution in [0.1, 0.15) is 12.8 Å². The molecule has 0 rings (SSSR count). The highest BCUT2D eigenvalue weighted by molar-refractivity contribution is 4.48. The number of hydrogen-bond acceptors (Lipinski definition) is 4. The largest absolute Gasteiger partial charge is 0.367 e. The SMILES string of the molecule is NCCCCNCC(O)O. The van der Waals surface area contributed by atoms with Gasteiger partial charge < -0.3 is 21.3 Å². The monoisotopic (exact) mass is 148 g/mol. The van der Waals surface area contributed by atoms with Crippen molar-refractivity contribution in [1.29, 1.82) is 0 Å². The smallest absolute Gasteiger partial charge is 0.164 e. The second kappa shape index (κ2) is 6.95. The average Bonchev–Trinajstić information content (AvgIpc) is 1.87. The molecule has 0 radical (unpaired) electrons. The summed E-state index contributed by atoms with van der Waals surface area (Å²) in [6, 6.07) is 0. The van der Waals surface area contributed by atoms with Crippen LogP contribution in [-0.4, -0.2) is 36.1 Å². The van der Waals surface area contributed by atoms with E-state index >= 15 is 0 Å². The van der Waals surface area contributed by atoms with Crippen molar-refractivity contribution in [3.63, 3.8) is 0 Å². The molecule has 0 fully saturated rings. The lowest BCUT2D eigenvalue weighted by atomic mass is 10.3. The van der Waals surface area contributed by atoms with Crippen LogP contribution < -0.4 is 11.1 Å². The minimum atomic E-state index is -1.24. The standard InChI is InChI=1S/C6H16N2O2/c7-3-1-2-4-8-5-6(9)10/h6,8-10H,1-5,7H2. The first-order valence-corrected chi connectivity index (χ1v) is 3.54. The van der Waals surface area contributed by atoms with E-state index in [0.717, 1.165) is 19.4 Å². The van der Waals surface area contributed by atoms with Gasteiger partial charge in [-0.2, -0.15) is 0 Å². The molecule has 0 amide bonds. The molecule has 0 bridgehead atoms. The fraction of sp³-hybridized carbons (Fsp3) is 1.00. The number of aliphatic hydroxyl groups excluding tert-OH is 1. The number of nitrogens with two attached hydrogens (primary N) is 1. The van der Waals surface area contributed by atoms with Crippen LogP contribution in [-0.2, 0) is 0 Å². The molecular weight excluding hydrogens is 132 g/mol. The summed E-state index contributed by atoms with van der Waals surface area (Å²) in [6.07, 6.45) is 0.732. The molecule has 0 aliphatic rings. The normalized spacial score (nSPS) is 10.8. The van der Waals surface area contributed by atoms with E-state index in [0.29, 0.717) is 6.54 Å². The Labute approximate surface area is 61.0 Å². The molecule has 0 saturated heterocycles. The van der Waals surface area contributed by atoms with E-state index in [1.807, 2.05) is 0 Å². The molecule has 0 saturated carbocycles. The first-order valence-electron chi connectivity index (χ1n) is 3.54. The Morgan fingerprint density at radius 1 is 1.30 bits per heavy atom. The van der Waals surface area contributed by atoms with Crippen LogP contribution in [0.3, 0.4) is 0 Å². The second-order valence-corrected chi connectivity index (χ2v) is 2.18. The Morgan fingerprint density at radius 3 is 2.50 bits per heavy atom. The van der Waals surface area contributed by atoms with E-state index in [1.54, 1.807) is 0 Å². The summed E-state index contributed by atoms with van der Waals surface area (Å²) in [5.74, 6) is 0. The Balaban J connectivity index is 2.77. The van der Waals surface area contributed by atoms with Crippen molar-refractivity contribution in [2.24, 2.45) is 5.73 Å². The van der Waals surface area contributed by atoms with Gasteiger partial charge in [0.25, 0.3) is 0 Å². The third-order valence-electron chi connectivity index (χ3n) is 1.13. The van der Waals surface area contributed by atoms with Crippen LogP contribution in [0.2, 0.25) is 0 Å². The van der Waals surface area contributed by atoms with Gasteiger partial charge in [0.1, 0.15) is 0 Å². The van der Waals surface area contributed by atoms with Crippen LogP contribution in [0, 0.1) is 0 Å². The first kappa shape index (κ1) is 9.84. The van der Waals surface area contributed by atoms with Crippen LogP contribution in [0.25, 0.3) is 0 Å². The number of unbranched alkanes of at least 4 members (excludes halogenated alkanes) is 1. The molecule has 0 aliphatic heterocycles. The zero-order valence-corrected chi connectivity index (χ0v) is 6.08. The van der Waals surface area contributed by atoms with Gasteiger partial charge in [0, 0.05) is 6.54 Å². The van der Waals surface area contributed by atoms with Crippen molar-refractivity contribution < 1.29 is 10.2 Å². The van der Waals surface area contributed by atoms with Crippen LogP contribution in [0.4, 0.5) is 0 Å².